The maximum Gasteiger partial charge on any atom is 0.257 e. The van der Waals surface area contributed by atoms with E-state index in [1.54, 1.807) is 24.3 Å². The summed E-state index contributed by atoms with van der Waals surface area (Å²) in [5.41, 5.74) is 3.52. The van der Waals surface area contributed by atoms with E-state index in [2.05, 4.69) is 5.32 Å². The maximum absolute atomic E-state index is 12.7. The van der Waals surface area contributed by atoms with Gasteiger partial charge >= 0.3 is 0 Å². The molecule has 0 fully saturated rings. The minimum atomic E-state index is -3.27. The van der Waals surface area contributed by atoms with E-state index < -0.39 is 9.84 Å². The number of halogens is 1. The zero-order chi connectivity index (χ0) is 19.8. The highest BCUT2D eigenvalue weighted by Gasteiger charge is 2.18. The van der Waals surface area contributed by atoms with Gasteiger partial charge in [0.2, 0.25) is 0 Å². The van der Waals surface area contributed by atoms with Crippen LogP contribution >= 0.6 is 11.6 Å². The monoisotopic (exact) mass is 402 g/mol. The Labute approximate surface area is 163 Å². The van der Waals surface area contributed by atoms with Crippen molar-refractivity contribution in [3.05, 3.63) is 76.6 Å². The number of para-hydroxylation sites is 1. The Balaban J connectivity index is 1.90. The van der Waals surface area contributed by atoms with Crippen molar-refractivity contribution in [3.8, 4) is 5.69 Å². The fourth-order valence-electron chi connectivity index (χ4n) is 2.98. The molecule has 140 valence electrons. The number of nitrogens with one attached hydrogen (secondary N) is 1. The lowest BCUT2D eigenvalue weighted by Crippen LogP contribution is -2.13. The molecule has 2 aromatic carbocycles. The highest BCUT2D eigenvalue weighted by molar-refractivity contribution is 7.90. The van der Waals surface area contributed by atoms with Crippen molar-refractivity contribution < 1.29 is 13.2 Å². The molecule has 0 spiro atoms. The number of carbonyl (C=O) groups is 1. The first kappa shape index (κ1) is 19.2. The molecule has 1 heterocycles. The van der Waals surface area contributed by atoms with E-state index in [9.17, 15) is 13.2 Å². The van der Waals surface area contributed by atoms with Crippen molar-refractivity contribution in [1.82, 2.24) is 4.57 Å². The largest absolute Gasteiger partial charge is 0.322 e. The molecule has 0 unspecified atom stereocenters. The molecular formula is C20H19ClN2O3S. The number of benzene rings is 2. The van der Waals surface area contributed by atoms with Crippen LogP contribution in [-0.2, 0) is 9.84 Å². The zero-order valence-electron chi connectivity index (χ0n) is 15.2. The number of anilines is 1. The van der Waals surface area contributed by atoms with E-state index in [1.807, 2.05) is 36.6 Å². The Bertz CT molecular complexity index is 1120. The SMILES string of the molecule is Cc1cc(C(=O)Nc2ccc(S(C)(=O)=O)cc2)c(C)n1-c1ccccc1Cl. The summed E-state index contributed by atoms with van der Waals surface area (Å²) in [6.07, 6.45) is 1.14. The predicted molar refractivity (Wildman–Crippen MR) is 108 cm³/mol. The normalized spacial score (nSPS) is 11.4. The molecule has 0 aliphatic rings. The Kier molecular flexibility index (Phi) is 5.13. The number of sulfone groups is 1. The number of aryl methyl sites for hydroxylation is 1. The molecule has 0 bridgehead atoms. The minimum Gasteiger partial charge on any atom is -0.322 e. The van der Waals surface area contributed by atoms with Crippen molar-refractivity contribution >= 4 is 33.0 Å². The lowest BCUT2D eigenvalue weighted by molar-refractivity contribution is 0.102. The third-order valence-corrected chi connectivity index (χ3v) is 5.76. The lowest BCUT2D eigenvalue weighted by atomic mass is 10.2. The highest BCUT2D eigenvalue weighted by Crippen LogP contribution is 2.27. The molecule has 1 aromatic heterocycles. The summed E-state index contributed by atoms with van der Waals surface area (Å²) in [5, 5.41) is 3.40. The second-order valence-corrected chi connectivity index (χ2v) is 8.75. The third kappa shape index (κ3) is 3.91. The average molecular weight is 403 g/mol. The molecule has 27 heavy (non-hydrogen) atoms. The summed E-state index contributed by atoms with van der Waals surface area (Å²) in [5.74, 6) is -0.270. The van der Waals surface area contributed by atoms with Gasteiger partial charge < -0.3 is 9.88 Å². The van der Waals surface area contributed by atoms with Crippen LogP contribution in [0.3, 0.4) is 0 Å². The number of amides is 1. The van der Waals surface area contributed by atoms with Crippen LogP contribution in [-0.4, -0.2) is 25.1 Å². The fourth-order valence-corrected chi connectivity index (χ4v) is 3.83. The van der Waals surface area contributed by atoms with Crippen LogP contribution in [0.1, 0.15) is 21.7 Å². The van der Waals surface area contributed by atoms with Gasteiger partial charge in [0.05, 0.1) is 21.2 Å². The standard InChI is InChI=1S/C20H19ClN2O3S/c1-13-12-17(14(2)23(13)19-7-5-4-6-18(19)21)20(24)22-15-8-10-16(11-9-15)27(3,25)26/h4-12H,1-3H3,(H,22,24). The summed E-state index contributed by atoms with van der Waals surface area (Å²) in [4.78, 5) is 12.9. The predicted octanol–water partition coefficient (Wildman–Crippen LogP) is 4.40. The van der Waals surface area contributed by atoms with Gasteiger partial charge in [-0.2, -0.15) is 0 Å². The van der Waals surface area contributed by atoms with Crippen molar-refractivity contribution in [2.24, 2.45) is 0 Å². The van der Waals surface area contributed by atoms with Crippen LogP contribution in [0, 0.1) is 13.8 Å². The number of carbonyl (C=O) groups excluding carboxylic acids is 1. The van der Waals surface area contributed by atoms with Crippen LogP contribution < -0.4 is 5.32 Å². The molecule has 0 radical (unpaired) electrons. The van der Waals surface area contributed by atoms with Gasteiger partial charge in [-0.15, -0.1) is 0 Å². The molecule has 3 aromatic rings. The lowest BCUT2D eigenvalue weighted by Gasteiger charge is -2.12. The summed E-state index contributed by atoms with van der Waals surface area (Å²) in [7, 11) is -3.27. The molecule has 3 rings (SSSR count). The van der Waals surface area contributed by atoms with Gasteiger partial charge in [-0.1, -0.05) is 23.7 Å². The van der Waals surface area contributed by atoms with Crippen LogP contribution in [0.5, 0.6) is 0 Å². The summed E-state index contributed by atoms with van der Waals surface area (Å²) in [6, 6.07) is 15.3. The van der Waals surface area contributed by atoms with E-state index in [4.69, 9.17) is 11.6 Å². The third-order valence-electron chi connectivity index (χ3n) is 4.31. The van der Waals surface area contributed by atoms with Crippen LogP contribution in [0.2, 0.25) is 5.02 Å². The molecule has 1 N–H and O–H groups in total. The Morgan fingerprint density at radius 1 is 1.04 bits per heavy atom. The molecule has 7 heteroatoms. The molecule has 0 saturated carbocycles. The van der Waals surface area contributed by atoms with E-state index in [0.29, 0.717) is 16.3 Å². The Morgan fingerprint density at radius 2 is 1.67 bits per heavy atom. The fraction of sp³-hybridized carbons (Fsp3) is 0.150. The molecular weight excluding hydrogens is 384 g/mol. The van der Waals surface area contributed by atoms with Crippen molar-refractivity contribution in [1.29, 1.82) is 0 Å². The first-order valence-corrected chi connectivity index (χ1v) is 10.5. The number of aromatic nitrogens is 1. The number of nitrogens with zero attached hydrogens (tertiary/aromatic N) is 1. The molecule has 0 aliphatic carbocycles. The number of hydrogen-bond donors (Lipinski definition) is 1. The second-order valence-electron chi connectivity index (χ2n) is 6.32. The van der Waals surface area contributed by atoms with Crippen LogP contribution in [0.25, 0.3) is 5.69 Å². The first-order valence-electron chi connectivity index (χ1n) is 8.24. The van der Waals surface area contributed by atoms with E-state index in [1.165, 1.54) is 12.1 Å². The second kappa shape index (κ2) is 7.21. The molecule has 5 nitrogen and oxygen atoms in total. The van der Waals surface area contributed by atoms with Crippen molar-refractivity contribution in [2.75, 3.05) is 11.6 Å². The van der Waals surface area contributed by atoms with Gasteiger partial charge in [0.1, 0.15) is 0 Å². The topological polar surface area (TPSA) is 68.2 Å². The summed E-state index contributed by atoms with van der Waals surface area (Å²) in [6.45, 7) is 3.77. The smallest absolute Gasteiger partial charge is 0.257 e. The van der Waals surface area contributed by atoms with E-state index >= 15 is 0 Å². The molecule has 1 amide bonds. The van der Waals surface area contributed by atoms with Gasteiger partial charge in [-0.25, -0.2) is 8.42 Å². The quantitative estimate of drug-likeness (QED) is 0.703. The Hall–Kier alpha value is -2.57. The summed E-state index contributed by atoms with van der Waals surface area (Å²) < 4.78 is 25.0. The van der Waals surface area contributed by atoms with Crippen LogP contribution in [0.4, 0.5) is 5.69 Å². The van der Waals surface area contributed by atoms with E-state index in [-0.39, 0.29) is 10.8 Å². The molecule has 0 aliphatic heterocycles. The van der Waals surface area contributed by atoms with Crippen molar-refractivity contribution in [2.45, 2.75) is 18.7 Å². The average Bonchev–Trinajstić information content (AvgIpc) is 2.90. The first-order chi connectivity index (χ1) is 12.7. The number of rotatable bonds is 4. The highest BCUT2D eigenvalue weighted by atomic mass is 35.5. The van der Waals surface area contributed by atoms with Gasteiger partial charge in [0.15, 0.2) is 9.84 Å². The Morgan fingerprint density at radius 3 is 2.26 bits per heavy atom. The van der Waals surface area contributed by atoms with Gasteiger partial charge in [-0.05, 0) is 56.3 Å². The molecule has 0 saturated heterocycles. The summed E-state index contributed by atoms with van der Waals surface area (Å²) >= 11 is 6.30. The molecule has 0 atom stereocenters. The maximum atomic E-state index is 12.7. The number of hydrogen-bond acceptors (Lipinski definition) is 3. The van der Waals surface area contributed by atoms with E-state index in [0.717, 1.165) is 23.3 Å². The van der Waals surface area contributed by atoms with Gasteiger partial charge in [-0.3, -0.25) is 4.79 Å². The minimum absolute atomic E-state index is 0.206. The van der Waals surface area contributed by atoms with Gasteiger partial charge in [0.25, 0.3) is 5.91 Å². The van der Waals surface area contributed by atoms with Crippen LogP contribution in [0.15, 0.2) is 59.5 Å². The van der Waals surface area contributed by atoms with Crippen molar-refractivity contribution in [3.63, 3.8) is 0 Å². The van der Waals surface area contributed by atoms with Gasteiger partial charge in [0, 0.05) is 23.3 Å². The zero-order valence-corrected chi connectivity index (χ0v) is 16.7.